The quantitative estimate of drug-likeness (QED) is 0.837. The highest BCUT2D eigenvalue weighted by Crippen LogP contribution is 2.32. The van der Waals surface area contributed by atoms with Crippen LogP contribution in [0.4, 0.5) is 5.69 Å². The van der Waals surface area contributed by atoms with Crippen molar-refractivity contribution in [1.82, 2.24) is 5.32 Å². The van der Waals surface area contributed by atoms with Crippen molar-refractivity contribution in [3.05, 3.63) is 23.8 Å². The van der Waals surface area contributed by atoms with Crippen LogP contribution in [0.2, 0.25) is 0 Å². The van der Waals surface area contributed by atoms with E-state index in [0.717, 1.165) is 18.0 Å². The van der Waals surface area contributed by atoms with E-state index in [1.807, 2.05) is 25.2 Å². The first-order chi connectivity index (χ1) is 8.11. The monoisotopic (exact) mass is 234 g/mol. The molecule has 0 aliphatic carbocycles. The van der Waals surface area contributed by atoms with Crippen molar-refractivity contribution in [3.8, 4) is 5.75 Å². The predicted octanol–water partition coefficient (Wildman–Crippen LogP) is 1.73. The summed E-state index contributed by atoms with van der Waals surface area (Å²) in [5.74, 6) is 1.06. The molecule has 2 unspecified atom stereocenters. The molecule has 1 amide bonds. The largest absolute Gasteiger partial charge is 0.479 e. The molecule has 2 rings (SSSR count). The second-order valence-corrected chi connectivity index (χ2v) is 4.46. The highest BCUT2D eigenvalue weighted by atomic mass is 16.5. The van der Waals surface area contributed by atoms with Gasteiger partial charge < -0.3 is 15.4 Å². The van der Waals surface area contributed by atoms with Gasteiger partial charge in [0.05, 0.1) is 5.69 Å². The summed E-state index contributed by atoms with van der Waals surface area (Å²) in [5, 5.41) is 6.01. The van der Waals surface area contributed by atoms with Gasteiger partial charge in [0.15, 0.2) is 6.10 Å². The van der Waals surface area contributed by atoms with Crippen LogP contribution in [0.3, 0.4) is 0 Å². The third-order valence-corrected chi connectivity index (χ3v) is 3.01. The van der Waals surface area contributed by atoms with Crippen molar-refractivity contribution >= 4 is 11.6 Å². The molecule has 1 aromatic rings. The Bertz CT molecular complexity index is 431. The molecule has 0 fully saturated rings. The van der Waals surface area contributed by atoms with Gasteiger partial charge in [0.1, 0.15) is 5.75 Å². The maximum atomic E-state index is 11.5. The number of rotatable bonds is 3. The summed E-state index contributed by atoms with van der Waals surface area (Å²) in [6, 6.07) is 5.96. The topological polar surface area (TPSA) is 50.4 Å². The van der Waals surface area contributed by atoms with Crippen LogP contribution in [-0.2, 0) is 4.79 Å². The summed E-state index contributed by atoms with van der Waals surface area (Å²) in [7, 11) is 1.93. The lowest BCUT2D eigenvalue weighted by molar-refractivity contribution is -0.122. The lowest BCUT2D eigenvalue weighted by Gasteiger charge is -2.24. The highest BCUT2D eigenvalue weighted by Gasteiger charge is 2.23. The number of likely N-dealkylation sites (N-methyl/N-ethyl adjacent to an activating group) is 1. The van der Waals surface area contributed by atoms with Gasteiger partial charge in [-0.05, 0) is 37.6 Å². The van der Waals surface area contributed by atoms with Crippen molar-refractivity contribution in [2.24, 2.45) is 0 Å². The fourth-order valence-electron chi connectivity index (χ4n) is 1.96. The molecule has 1 heterocycles. The molecule has 1 aromatic carbocycles. The van der Waals surface area contributed by atoms with Gasteiger partial charge in [0, 0.05) is 6.54 Å². The number of amides is 1. The van der Waals surface area contributed by atoms with E-state index in [1.54, 1.807) is 6.92 Å². The maximum Gasteiger partial charge on any atom is 0.265 e. The summed E-state index contributed by atoms with van der Waals surface area (Å²) >= 11 is 0. The molecule has 17 heavy (non-hydrogen) atoms. The molecule has 4 nitrogen and oxygen atoms in total. The van der Waals surface area contributed by atoms with Crippen LogP contribution in [0.15, 0.2) is 18.2 Å². The minimum absolute atomic E-state index is 0.0871. The third-order valence-electron chi connectivity index (χ3n) is 3.01. The number of carbonyl (C=O) groups excluding carboxylic acids is 1. The van der Waals surface area contributed by atoms with Crippen molar-refractivity contribution < 1.29 is 9.53 Å². The predicted molar refractivity (Wildman–Crippen MR) is 67.5 cm³/mol. The fraction of sp³-hybridized carbons (Fsp3) is 0.462. The third kappa shape index (κ3) is 2.42. The van der Waals surface area contributed by atoms with E-state index in [9.17, 15) is 4.79 Å². The van der Waals surface area contributed by atoms with Crippen LogP contribution in [0, 0.1) is 0 Å². The number of carbonyl (C=O) groups is 1. The molecule has 0 spiro atoms. The van der Waals surface area contributed by atoms with Crippen molar-refractivity contribution in [1.29, 1.82) is 0 Å². The molecule has 0 bridgehead atoms. The maximum absolute atomic E-state index is 11.5. The first-order valence-electron chi connectivity index (χ1n) is 5.88. The second kappa shape index (κ2) is 4.75. The number of ether oxygens (including phenoxy) is 1. The molecule has 4 heteroatoms. The van der Waals surface area contributed by atoms with E-state index < -0.39 is 6.10 Å². The Morgan fingerprint density at radius 3 is 3.00 bits per heavy atom. The van der Waals surface area contributed by atoms with Crippen molar-refractivity contribution in [2.45, 2.75) is 25.9 Å². The SMILES string of the molecule is CNCC(C)c1ccc2c(c1)NC(=O)C(C)O2. The average Bonchev–Trinajstić information content (AvgIpc) is 2.30. The van der Waals surface area contributed by atoms with Gasteiger partial charge in [-0.2, -0.15) is 0 Å². The zero-order valence-corrected chi connectivity index (χ0v) is 10.4. The Kier molecular flexibility index (Phi) is 3.33. The Labute approximate surface area is 101 Å². The van der Waals surface area contributed by atoms with Gasteiger partial charge in [-0.15, -0.1) is 0 Å². The molecule has 0 saturated heterocycles. The molecule has 2 N–H and O–H groups in total. The molecule has 1 aliphatic heterocycles. The van der Waals surface area contributed by atoms with Crippen LogP contribution in [0.1, 0.15) is 25.3 Å². The number of anilines is 1. The first-order valence-corrected chi connectivity index (χ1v) is 5.88. The summed E-state index contributed by atoms with van der Waals surface area (Å²) in [5.41, 5.74) is 1.96. The number of nitrogens with one attached hydrogen (secondary N) is 2. The first kappa shape index (κ1) is 11.9. The lowest BCUT2D eigenvalue weighted by Crippen LogP contribution is -2.34. The van der Waals surface area contributed by atoms with Crippen LogP contribution in [0.25, 0.3) is 0 Å². The van der Waals surface area contributed by atoms with Gasteiger partial charge >= 0.3 is 0 Å². The van der Waals surface area contributed by atoms with Gasteiger partial charge in [0.25, 0.3) is 5.91 Å². The standard InChI is InChI=1S/C13H18N2O2/c1-8(7-14-3)10-4-5-12-11(6-10)15-13(16)9(2)17-12/h4-6,8-9,14H,7H2,1-3H3,(H,15,16). The van der Waals surface area contributed by atoms with Crippen molar-refractivity contribution in [2.75, 3.05) is 18.9 Å². The van der Waals surface area contributed by atoms with Crippen LogP contribution < -0.4 is 15.4 Å². The highest BCUT2D eigenvalue weighted by molar-refractivity contribution is 5.97. The van der Waals surface area contributed by atoms with E-state index in [-0.39, 0.29) is 5.91 Å². The summed E-state index contributed by atoms with van der Waals surface area (Å²) in [6.07, 6.45) is -0.414. The zero-order chi connectivity index (χ0) is 12.4. The zero-order valence-electron chi connectivity index (χ0n) is 10.4. The van der Waals surface area contributed by atoms with Gasteiger partial charge in [-0.3, -0.25) is 4.79 Å². The van der Waals surface area contributed by atoms with Gasteiger partial charge in [0.2, 0.25) is 0 Å². The lowest BCUT2D eigenvalue weighted by atomic mass is 10.00. The molecular formula is C13H18N2O2. The minimum atomic E-state index is -0.414. The molecule has 0 radical (unpaired) electrons. The molecule has 2 atom stereocenters. The Balaban J connectivity index is 2.25. The normalized spacial score (nSPS) is 20.2. The van der Waals surface area contributed by atoms with Crippen molar-refractivity contribution in [3.63, 3.8) is 0 Å². The summed E-state index contributed by atoms with van der Waals surface area (Å²) in [4.78, 5) is 11.5. The summed E-state index contributed by atoms with van der Waals surface area (Å²) < 4.78 is 5.51. The van der Waals surface area contributed by atoms with E-state index in [4.69, 9.17) is 4.74 Å². The minimum Gasteiger partial charge on any atom is -0.479 e. The smallest absolute Gasteiger partial charge is 0.265 e. The molecular weight excluding hydrogens is 216 g/mol. The summed E-state index contributed by atoms with van der Waals surface area (Å²) in [6.45, 7) is 4.80. The van der Waals surface area contributed by atoms with E-state index in [1.165, 1.54) is 5.56 Å². The Morgan fingerprint density at radius 1 is 1.53 bits per heavy atom. The molecule has 1 aliphatic rings. The molecule has 92 valence electrons. The molecule has 0 aromatic heterocycles. The fourth-order valence-corrected chi connectivity index (χ4v) is 1.96. The van der Waals surface area contributed by atoms with Crippen LogP contribution in [0.5, 0.6) is 5.75 Å². The Morgan fingerprint density at radius 2 is 2.29 bits per heavy atom. The second-order valence-electron chi connectivity index (χ2n) is 4.46. The van der Waals surface area contributed by atoms with Gasteiger partial charge in [-0.1, -0.05) is 13.0 Å². The average molecular weight is 234 g/mol. The van der Waals surface area contributed by atoms with E-state index in [2.05, 4.69) is 17.6 Å². The van der Waals surface area contributed by atoms with E-state index in [0.29, 0.717) is 5.92 Å². The van der Waals surface area contributed by atoms with Gasteiger partial charge in [-0.25, -0.2) is 0 Å². The Hall–Kier alpha value is -1.55. The van der Waals surface area contributed by atoms with Crippen LogP contribution >= 0.6 is 0 Å². The number of benzene rings is 1. The number of fused-ring (bicyclic) bond motifs is 1. The number of hydrogen-bond acceptors (Lipinski definition) is 3. The van der Waals surface area contributed by atoms with E-state index >= 15 is 0 Å². The number of hydrogen-bond donors (Lipinski definition) is 2. The molecule has 0 saturated carbocycles. The van der Waals surface area contributed by atoms with Crippen LogP contribution in [-0.4, -0.2) is 25.6 Å².